The lowest BCUT2D eigenvalue weighted by Crippen LogP contribution is -2.05. The quantitative estimate of drug-likeness (QED) is 0.237. The lowest BCUT2D eigenvalue weighted by molar-refractivity contribution is -0.386. The molecule has 0 amide bonds. The van der Waals surface area contributed by atoms with Crippen LogP contribution >= 0.6 is 0 Å². The number of nitro benzene ring substituents is 1. The van der Waals surface area contributed by atoms with Gasteiger partial charge in [-0.15, -0.1) is 0 Å². The molecule has 8 heteroatoms. The molecule has 0 N–H and O–H groups in total. The fraction of sp³-hybridized carbons (Fsp3) is 0.333. The summed E-state index contributed by atoms with van der Waals surface area (Å²) in [6.45, 7) is 3.83. The number of allylic oxidation sites excluding steroid dienone is 1. The third-order valence-electron chi connectivity index (χ3n) is 2.68. The fourth-order valence-corrected chi connectivity index (χ4v) is 1.73. The first-order chi connectivity index (χ1) is 10.9. The first-order valence-electron chi connectivity index (χ1n) is 6.82. The molecule has 23 heavy (non-hydrogen) atoms. The second-order valence-corrected chi connectivity index (χ2v) is 4.17. The van der Waals surface area contributed by atoms with Gasteiger partial charge in [-0.2, -0.15) is 0 Å². The van der Waals surface area contributed by atoms with Crippen LogP contribution in [0.25, 0.3) is 0 Å². The summed E-state index contributed by atoms with van der Waals surface area (Å²) in [6, 6.07) is 2.42. The Bertz CT molecular complexity index is 637. The van der Waals surface area contributed by atoms with E-state index in [1.807, 2.05) is 0 Å². The van der Waals surface area contributed by atoms with Crippen molar-refractivity contribution in [1.82, 2.24) is 0 Å². The van der Waals surface area contributed by atoms with Crippen molar-refractivity contribution in [2.75, 3.05) is 20.3 Å². The molecule has 1 aromatic carbocycles. The Labute approximate surface area is 132 Å². The number of esters is 1. The van der Waals surface area contributed by atoms with Crippen LogP contribution in [0.1, 0.15) is 24.2 Å². The number of nitro groups is 1. The molecule has 1 aromatic rings. The van der Waals surface area contributed by atoms with E-state index in [-0.39, 0.29) is 36.0 Å². The number of hydrogen-bond acceptors (Lipinski definition) is 7. The predicted molar refractivity (Wildman–Crippen MR) is 80.9 cm³/mol. The molecule has 0 saturated carbocycles. The van der Waals surface area contributed by atoms with E-state index < -0.39 is 16.7 Å². The molecule has 124 valence electrons. The van der Waals surface area contributed by atoms with Gasteiger partial charge in [0.25, 0.3) is 0 Å². The third-order valence-corrected chi connectivity index (χ3v) is 2.68. The topological polar surface area (TPSA) is 105 Å². The second kappa shape index (κ2) is 8.52. The molecule has 0 aliphatic carbocycles. The van der Waals surface area contributed by atoms with Crippen molar-refractivity contribution in [3.63, 3.8) is 0 Å². The van der Waals surface area contributed by atoms with E-state index in [0.29, 0.717) is 0 Å². The van der Waals surface area contributed by atoms with Crippen LogP contribution in [0.5, 0.6) is 11.5 Å². The smallest absolute Gasteiger partial charge is 0.330 e. The van der Waals surface area contributed by atoms with Crippen LogP contribution in [0.4, 0.5) is 5.69 Å². The number of ketones is 1. The summed E-state index contributed by atoms with van der Waals surface area (Å²) in [7, 11) is 1.17. The molecule has 0 bridgehead atoms. The van der Waals surface area contributed by atoms with Crippen molar-refractivity contribution < 1.29 is 28.7 Å². The van der Waals surface area contributed by atoms with E-state index in [0.717, 1.165) is 18.2 Å². The number of ether oxygens (including phenoxy) is 3. The molecule has 0 saturated heterocycles. The summed E-state index contributed by atoms with van der Waals surface area (Å²) in [5.41, 5.74) is -0.378. The van der Waals surface area contributed by atoms with Crippen molar-refractivity contribution in [2.24, 2.45) is 0 Å². The number of carbonyl (C=O) groups excluding carboxylic acids is 2. The molecule has 0 fully saturated rings. The van der Waals surface area contributed by atoms with Crippen molar-refractivity contribution >= 4 is 17.4 Å². The maximum Gasteiger partial charge on any atom is 0.330 e. The van der Waals surface area contributed by atoms with Gasteiger partial charge in [0.2, 0.25) is 5.75 Å². The van der Waals surface area contributed by atoms with Crippen molar-refractivity contribution in [3.8, 4) is 11.5 Å². The highest BCUT2D eigenvalue weighted by Crippen LogP contribution is 2.38. The Hall–Kier alpha value is -2.90. The van der Waals surface area contributed by atoms with Crippen LogP contribution in [0, 0.1) is 10.1 Å². The second-order valence-electron chi connectivity index (χ2n) is 4.17. The van der Waals surface area contributed by atoms with Crippen LogP contribution in [-0.2, 0) is 9.53 Å². The van der Waals surface area contributed by atoms with E-state index in [2.05, 4.69) is 4.74 Å². The summed E-state index contributed by atoms with van der Waals surface area (Å²) in [4.78, 5) is 33.6. The number of benzene rings is 1. The number of carbonyl (C=O) groups is 2. The molecule has 0 radical (unpaired) electrons. The van der Waals surface area contributed by atoms with Crippen molar-refractivity contribution in [3.05, 3.63) is 40.0 Å². The minimum atomic E-state index is -0.705. The molecule has 0 atom stereocenters. The number of hydrogen-bond donors (Lipinski definition) is 0. The Morgan fingerprint density at radius 1 is 1.17 bits per heavy atom. The molecule has 0 unspecified atom stereocenters. The predicted octanol–water partition coefficient (Wildman–Crippen LogP) is 2.30. The monoisotopic (exact) mass is 323 g/mol. The maximum absolute atomic E-state index is 12.1. The highest BCUT2D eigenvalue weighted by molar-refractivity contribution is 6.07. The fourth-order valence-electron chi connectivity index (χ4n) is 1.73. The Kier molecular flexibility index (Phi) is 6.72. The molecule has 1 rings (SSSR count). The third kappa shape index (κ3) is 4.80. The van der Waals surface area contributed by atoms with E-state index >= 15 is 0 Å². The number of methoxy groups -OCH3 is 1. The standard InChI is InChI=1S/C15H17NO7/c1-4-22-13-9-10(12(17)6-7-14(18)21-3)8-11(16(19)20)15(13)23-5-2/h6-9H,4-5H2,1-3H3. The van der Waals surface area contributed by atoms with E-state index in [1.165, 1.54) is 13.2 Å². The first-order valence-corrected chi connectivity index (χ1v) is 6.82. The van der Waals surface area contributed by atoms with Gasteiger partial charge in [-0.1, -0.05) is 0 Å². The average molecular weight is 323 g/mol. The van der Waals surface area contributed by atoms with Crippen LogP contribution < -0.4 is 9.47 Å². The number of nitrogens with zero attached hydrogens (tertiary/aromatic N) is 1. The summed E-state index contributed by atoms with van der Waals surface area (Å²) in [5, 5.41) is 11.2. The zero-order valence-corrected chi connectivity index (χ0v) is 13.0. The normalized spacial score (nSPS) is 10.4. The summed E-state index contributed by atoms with van der Waals surface area (Å²) >= 11 is 0. The van der Waals surface area contributed by atoms with Gasteiger partial charge in [0.15, 0.2) is 11.5 Å². The molecule has 0 aliphatic heterocycles. The summed E-state index contributed by atoms with van der Waals surface area (Å²) in [5.74, 6) is -1.24. The van der Waals surface area contributed by atoms with Gasteiger partial charge in [-0.3, -0.25) is 14.9 Å². The van der Waals surface area contributed by atoms with E-state index in [4.69, 9.17) is 9.47 Å². The van der Waals surface area contributed by atoms with Crippen LogP contribution in [0.2, 0.25) is 0 Å². The van der Waals surface area contributed by atoms with Crippen LogP contribution in [-0.4, -0.2) is 37.0 Å². The zero-order valence-electron chi connectivity index (χ0n) is 13.0. The van der Waals surface area contributed by atoms with Gasteiger partial charge in [0.1, 0.15) is 0 Å². The van der Waals surface area contributed by atoms with Crippen molar-refractivity contribution in [2.45, 2.75) is 13.8 Å². The molecule has 0 aromatic heterocycles. The molecule has 0 spiro atoms. The van der Waals surface area contributed by atoms with Gasteiger partial charge in [-0.25, -0.2) is 4.79 Å². The van der Waals surface area contributed by atoms with E-state index in [9.17, 15) is 19.7 Å². The Balaban J connectivity index is 3.33. The van der Waals surface area contributed by atoms with Crippen molar-refractivity contribution in [1.29, 1.82) is 0 Å². The zero-order chi connectivity index (χ0) is 17.4. The summed E-state index contributed by atoms with van der Waals surface area (Å²) in [6.07, 6.45) is 1.91. The molecular formula is C15H17NO7. The molecule has 0 aliphatic rings. The van der Waals surface area contributed by atoms with Crippen LogP contribution in [0.15, 0.2) is 24.3 Å². The average Bonchev–Trinajstić information content (AvgIpc) is 2.53. The highest BCUT2D eigenvalue weighted by Gasteiger charge is 2.24. The Morgan fingerprint density at radius 3 is 2.35 bits per heavy atom. The first kappa shape index (κ1) is 18.1. The number of rotatable bonds is 8. The molecule has 0 heterocycles. The largest absolute Gasteiger partial charge is 0.490 e. The van der Waals surface area contributed by atoms with Crippen LogP contribution in [0.3, 0.4) is 0 Å². The molecule has 8 nitrogen and oxygen atoms in total. The van der Waals surface area contributed by atoms with Gasteiger partial charge in [-0.05, 0) is 26.0 Å². The maximum atomic E-state index is 12.1. The minimum Gasteiger partial charge on any atom is -0.490 e. The summed E-state index contributed by atoms with van der Waals surface area (Å²) < 4.78 is 15.0. The Morgan fingerprint density at radius 2 is 1.83 bits per heavy atom. The SMILES string of the molecule is CCOc1cc(C(=O)C=CC(=O)OC)cc([N+](=O)[O-])c1OCC. The van der Waals surface area contributed by atoms with E-state index in [1.54, 1.807) is 13.8 Å². The van der Waals surface area contributed by atoms with Gasteiger partial charge < -0.3 is 14.2 Å². The van der Waals surface area contributed by atoms with Gasteiger partial charge in [0.05, 0.1) is 25.2 Å². The minimum absolute atomic E-state index is 0.00348. The van der Waals surface area contributed by atoms with Gasteiger partial charge in [0, 0.05) is 17.7 Å². The molecular weight excluding hydrogens is 306 g/mol. The van der Waals surface area contributed by atoms with Gasteiger partial charge >= 0.3 is 11.7 Å². The highest BCUT2D eigenvalue weighted by atomic mass is 16.6. The lowest BCUT2D eigenvalue weighted by Gasteiger charge is -2.12. The lowest BCUT2D eigenvalue weighted by atomic mass is 10.1.